The highest BCUT2D eigenvalue weighted by molar-refractivity contribution is 7.92. The third-order valence-electron chi connectivity index (χ3n) is 5.95. The van der Waals surface area contributed by atoms with Gasteiger partial charge in [-0.15, -0.1) is 0 Å². The van der Waals surface area contributed by atoms with Crippen LogP contribution >= 0.6 is 0 Å². The largest absolute Gasteiger partial charge is 0.366 e. The predicted octanol–water partition coefficient (Wildman–Crippen LogP) is 3.51. The van der Waals surface area contributed by atoms with Gasteiger partial charge in [0, 0.05) is 30.9 Å². The normalized spacial score (nSPS) is 16.0. The fourth-order valence-electron chi connectivity index (χ4n) is 4.09. The van der Waals surface area contributed by atoms with Crippen molar-refractivity contribution in [1.82, 2.24) is 19.3 Å². The second kappa shape index (κ2) is 10.3. The zero-order chi connectivity index (χ0) is 25.1. The number of hydrogen-bond donors (Lipinski definition) is 3. The molecule has 10 nitrogen and oxygen atoms in total. The number of nitrogens with zero attached hydrogens (tertiary/aromatic N) is 4. The van der Waals surface area contributed by atoms with E-state index in [2.05, 4.69) is 20.0 Å². The highest BCUT2D eigenvalue weighted by atomic mass is 32.2. The molecule has 186 valence electrons. The number of sulfonamides is 1. The maximum absolute atomic E-state index is 12.7. The van der Waals surface area contributed by atoms with Crippen LogP contribution in [-0.2, 0) is 21.3 Å². The number of hydrogen-bond acceptors (Lipinski definition) is 7. The monoisotopic (exact) mass is 524 g/mol. The molecular weight excluding hydrogens is 500 g/mol. The van der Waals surface area contributed by atoms with Crippen molar-refractivity contribution in [2.45, 2.75) is 23.8 Å². The van der Waals surface area contributed by atoms with Crippen molar-refractivity contribution in [2.24, 2.45) is 0 Å². The molecule has 1 atom stereocenters. The van der Waals surface area contributed by atoms with Gasteiger partial charge in [-0.2, -0.15) is 0 Å². The van der Waals surface area contributed by atoms with Crippen LogP contribution in [0.3, 0.4) is 0 Å². The van der Waals surface area contributed by atoms with Crippen LogP contribution in [0.5, 0.6) is 0 Å². The molecule has 1 aliphatic rings. The van der Waals surface area contributed by atoms with Crippen molar-refractivity contribution in [3.8, 4) is 11.1 Å². The Morgan fingerprint density at radius 3 is 2.47 bits per heavy atom. The molecule has 0 spiro atoms. The minimum atomic E-state index is -3.73. The van der Waals surface area contributed by atoms with Gasteiger partial charge in [-0.25, -0.2) is 21.9 Å². The number of aromatic nitrogens is 3. The molecule has 1 fully saturated rings. The van der Waals surface area contributed by atoms with Crippen LogP contribution < -0.4 is 10.0 Å². The second-order valence-corrected chi connectivity index (χ2v) is 11.1. The van der Waals surface area contributed by atoms with Crippen molar-refractivity contribution in [1.29, 1.82) is 0 Å². The van der Waals surface area contributed by atoms with Crippen LogP contribution in [0.2, 0.25) is 0 Å². The third kappa shape index (κ3) is 5.51. The average Bonchev–Trinajstić information content (AvgIpc) is 2.89. The van der Waals surface area contributed by atoms with Gasteiger partial charge in [0.05, 0.1) is 34.0 Å². The summed E-state index contributed by atoms with van der Waals surface area (Å²) in [5, 5.41) is 3.37. The van der Waals surface area contributed by atoms with Crippen LogP contribution in [0, 0.1) is 0 Å². The SMILES string of the molecule is O=S(O)N1CCC(Nc2cnc3ccc(-c4cncc(NS(=O)(=O)c5ccccc5)c4)cc3n2)CC1. The molecule has 3 N–H and O–H groups in total. The zero-order valence-electron chi connectivity index (χ0n) is 19.1. The lowest BCUT2D eigenvalue weighted by atomic mass is 10.1. The molecule has 1 saturated heterocycles. The molecule has 4 aromatic rings. The molecule has 0 radical (unpaired) electrons. The van der Waals surface area contributed by atoms with Gasteiger partial charge in [-0.1, -0.05) is 24.3 Å². The first-order valence-corrected chi connectivity index (χ1v) is 13.8. The summed E-state index contributed by atoms with van der Waals surface area (Å²) >= 11 is -1.94. The minimum absolute atomic E-state index is 0.137. The molecule has 1 aliphatic heterocycles. The average molecular weight is 525 g/mol. The first-order valence-electron chi connectivity index (χ1n) is 11.3. The lowest BCUT2D eigenvalue weighted by Gasteiger charge is -2.29. The summed E-state index contributed by atoms with van der Waals surface area (Å²) in [5.41, 5.74) is 3.31. The Kier molecular flexibility index (Phi) is 6.92. The fraction of sp³-hybridized carbons (Fsp3) is 0.208. The summed E-state index contributed by atoms with van der Waals surface area (Å²) < 4.78 is 49.9. The third-order valence-corrected chi connectivity index (χ3v) is 8.15. The van der Waals surface area contributed by atoms with Crippen LogP contribution in [0.4, 0.5) is 11.5 Å². The Bertz CT molecular complexity index is 1510. The van der Waals surface area contributed by atoms with Crippen LogP contribution in [0.1, 0.15) is 12.8 Å². The highest BCUT2D eigenvalue weighted by Crippen LogP contribution is 2.26. The van der Waals surface area contributed by atoms with E-state index < -0.39 is 21.3 Å². The topological polar surface area (TPSA) is 137 Å². The van der Waals surface area contributed by atoms with E-state index in [0.29, 0.717) is 30.1 Å². The van der Waals surface area contributed by atoms with Gasteiger partial charge in [-0.3, -0.25) is 19.2 Å². The molecule has 2 aromatic heterocycles. The zero-order valence-corrected chi connectivity index (χ0v) is 20.7. The molecule has 0 saturated carbocycles. The van der Waals surface area contributed by atoms with Gasteiger partial charge in [-0.05, 0) is 48.7 Å². The number of anilines is 2. The van der Waals surface area contributed by atoms with E-state index in [9.17, 15) is 17.2 Å². The Morgan fingerprint density at radius 2 is 1.72 bits per heavy atom. The lowest BCUT2D eigenvalue weighted by Crippen LogP contribution is -2.39. The number of pyridine rings is 1. The van der Waals surface area contributed by atoms with E-state index in [1.165, 1.54) is 22.6 Å². The van der Waals surface area contributed by atoms with E-state index in [1.807, 2.05) is 18.2 Å². The van der Waals surface area contributed by atoms with Crippen LogP contribution in [0.15, 0.2) is 78.1 Å². The standard InChI is InChI=1S/C24H24N6O4S2/c31-35(32)30-10-8-19(9-11-30)27-24-16-26-22-7-6-17(13-23(22)28-24)18-12-20(15-25-14-18)29-36(33,34)21-4-2-1-3-5-21/h1-7,12-16,19,29H,8-11H2,(H,27,28)(H,31,32). The Morgan fingerprint density at radius 1 is 0.944 bits per heavy atom. The van der Waals surface area contributed by atoms with Gasteiger partial charge in [0.2, 0.25) is 11.3 Å². The van der Waals surface area contributed by atoms with E-state index in [0.717, 1.165) is 29.5 Å². The minimum Gasteiger partial charge on any atom is -0.366 e. The number of rotatable bonds is 7. The summed E-state index contributed by atoms with van der Waals surface area (Å²) in [4.78, 5) is 13.6. The van der Waals surface area contributed by atoms with E-state index in [1.54, 1.807) is 36.7 Å². The Hall–Kier alpha value is -3.45. The maximum atomic E-state index is 12.7. The molecule has 0 aliphatic carbocycles. The van der Waals surface area contributed by atoms with Crippen molar-refractivity contribution < 1.29 is 17.2 Å². The van der Waals surface area contributed by atoms with Gasteiger partial charge in [0.15, 0.2) is 0 Å². The number of fused-ring (bicyclic) bond motifs is 1. The molecule has 0 amide bonds. The van der Waals surface area contributed by atoms with Crippen molar-refractivity contribution in [2.75, 3.05) is 23.1 Å². The summed E-state index contributed by atoms with van der Waals surface area (Å²) in [6.45, 7) is 1.06. The summed E-state index contributed by atoms with van der Waals surface area (Å²) in [6, 6.07) is 15.7. The molecule has 1 unspecified atom stereocenters. The molecule has 12 heteroatoms. The van der Waals surface area contributed by atoms with Crippen molar-refractivity contribution in [3.05, 3.63) is 73.2 Å². The summed E-state index contributed by atoms with van der Waals surface area (Å²) in [5.74, 6) is 0.630. The van der Waals surface area contributed by atoms with Gasteiger partial charge in [0.25, 0.3) is 10.0 Å². The number of nitrogens with one attached hydrogen (secondary N) is 2. The number of benzene rings is 2. The Labute approximate surface area is 211 Å². The maximum Gasteiger partial charge on any atom is 0.261 e. The highest BCUT2D eigenvalue weighted by Gasteiger charge is 2.22. The van der Waals surface area contributed by atoms with E-state index in [-0.39, 0.29) is 10.9 Å². The molecule has 5 rings (SSSR count). The number of piperidine rings is 1. The molecule has 3 heterocycles. The molecular formula is C24H24N6O4S2. The lowest BCUT2D eigenvalue weighted by molar-refractivity contribution is 0.322. The van der Waals surface area contributed by atoms with Crippen LogP contribution in [0.25, 0.3) is 22.2 Å². The molecule has 36 heavy (non-hydrogen) atoms. The summed E-state index contributed by atoms with van der Waals surface area (Å²) in [7, 11) is -3.73. The van der Waals surface area contributed by atoms with Gasteiger partial charge < -0.3 is 5.32 Å². The van der Waals surface area contributed by atoms with E-state index >= 15 is 0 Å². The van der Waals surface area contributed by atoms with Crippen molar-refractivity contribution >= 4 is 43.8 Å². The van der Waals surface area contributed by atoms with Gasteiger partial charge in [0.1, 0.15) is 5.82 Å². The first-order chi connectivity index (χ1) is 17.4. The first kappa shape index (κ1) is 24.3. The smallest absolute Gasteiger partial charge is 0.261 e. The fourth-order valence-corrected chi connectivity index (χ4v) is 5.67. The molecule has 2 aromatic carbocycles. The van der Waals surface area contributed by atoms with Crippen molar-refractivity contribution in [3.63, 3.8) is 0 Å². The Balaban J connectivity index is 1.35. The quantitative estimate of drug-likeness (QED) is 0.312. The van der Waals surface area contributed by atoms with Gasteiger partial charge >= 0.3 is 0 Å². The van der Waals surface area contributed by atoms with Crippen LogP contribution in [-0.4, -0.2) is 55.6 Å². The second-order valence-electron chi connectivity index (χ2n) is 8.42. The molecule has 0 bridgehead atoms. The predicted molar refractivity (Wildman–Crippen MR) is 139 cm³/mol. The van der Waals surface area contributed by atoms with E-state index in [4.69, 9.17) is 4.98 Å². The summed E-state index contributed by atoms with van der Waals surface area (Å²) in [6.07, 6.45) is 6.26.